The van der Waals surface area contributed by atoms with Gasteiger partial charge in [-0.2, -0.15) is 0 Å². The van der Waals surface area contributed by atoms with Gasteiger partial charge in [0.15, 0.2) is 0 Å². The molecular weight excluding hydrogens is 212 g/mol. The third-order valence-corrected chi connectivity index (χ3v) is 3.85. The Morgan fingerprint density at radius 1 is 1.35 bits per heavy atom. The largest absolute Gasteiger partial charge is 0.390 e. The molecular formula is C14H18N2O. The molecule has 17 heavy (non-hydrogen) atoms. The van der Waals surface area contributed by atoms with Crippen LogP contribution in [0.4, 0.5) is 0 Å². The van der Waals surface area contributed by atoms with E-state index in [9.17, 15) is 0 Å². The number of rotatable bonds is 2. The van der Waals surface area contributed by atoms with Crippen LogP contribution in [0.1, 0.15) is 18.1 Å². The van der Waals surface area contributed by atoms with E-state index in [1.807, 2.05) is 0 Å². The van der Waals surface area contributed by atoms with Crippen molar-refractivity contribution in [2.24, 2.45) is 11.1 Å². The summed E-state index contributed by atoms with van der Waals surface area (Å²) in [7, 11) is 0. The predicted octanol–water partition coefficient (Wildman–Crippen LogP) is 2.05. The lowest BCUT2D eigenvalue weighted by Gasteiger charge is -2.13. The van der Waals surface area contributed by atoms with Crippen molar-refractivity contribution in [1.29, 1.82) is 0 Å². The molecule has 1 aromatic carbocycles. The van der Waals surface area contributed by atoms with Gasteiger partial charge in [-0.15, -0.1) is 0 Å². The summed E-state index contributed by atoms with van der Waals surface area (Å²) in [4.78, 5) is 8.01. The van der Waals surface area contributed by atoms with Gasteiger partial charge in [0.05, 0.1) is 11.6 Å². The molecule has 0 bridgehead atoms. The summed E-state index contributed by atoms with van der Waals surface area (Å²) in [6.45, 7) is 7.52. The Morgan fingerprint density at radius 3 is 2.94 bits per heavy atom. The summed E-state index contributed by atoms with van der Waals surface area (Å²) in [6, 6.07) is 8.43. The number of likely N-dealkylation sites (N-methyl/N-ethyl adjacent to an activating group) is 1. The van der Waals surface area contributed by atoms with E-state index in [2.05, 4.69) is 48.2 Å². The van der Waals surface area contributed by atoms with E-state index in [1.165, 1.54) is 11.1 Å². The van der Waals surface area contributed by atoms with E-state index in [0.717, 1.165) is 25.3 Å². The molecule has 3 rings (SSSR count). The lowest BCUT2D eigenvalue weighted by Crippen LogP contribution is -2.23. The fourth-order valence-electron chi connectivity index (χ4n) is 2.78. The van der Waals surface area contributed by atoms with E-state index in [-0.39, 0.29) is 6.10 Å². The van der Waals surface area contributed by atoms with Crippen LogP contribution >= 0.6 is 0 Å². The first-order valence-corrected chi connectivity index (χ1v) is 6.31. The Labute approximate surface area is 102 Å². The molecule has 0 N–H and O–H groups in total. The quantitative estimate of drug-likeness (QED) is 0.776. The summed E-state index contributed by atoms with van der Waals surface area (Å²) < 4.78 is 0. The molecule has 3 heteroatoms. The van der Waals surface area contributed by atoms with Crippen LogP contribution in [-0.2, 0) is 4.84 Å². The Hall–Kier alpha value is -1.35. The highest BCUT2D eigenvalue weighted by Gasteiger charge is 2.42. The molecule has 2 heterocycles. The molecule has 0 aromatic heterocycles. The fourth-order valence-corrected chi connectivity index (χ4v) is 2.78. The van der Waals surface area contributed by atoms with Gasteiger partial charge in [-0.3, -0.25) is 4.90 Å². The smallest absolute Gasteiger partial charge is 0.149 e. The predicted molar refractivity (Wildman–Crippen MR) is 68.2 cm³/mol. The summed E-state index contributed by atoms with van der Waals surface area (Å²) >= 11 is 0. The third kappa shape index (κ3) is 1.75. The molecule has 2 unspecified atom stereocenters. The Morgan fingerprint density at radius 2 is 2.18 bits per heavy atom. The number of hydrogen-bond donors (Lipinski definition) is 0. The molecule has 2 atom stereocenters. The van der Waals surface area contributed by atoms with Crippen molar-refractivity contribution >= 4 is 5.71 Å². The fraction of sp³-hybridized carbons (Fsp3) is 0.500. The minimum Gasteiger partial charge on any atom is -0.390 e. The van der Waals surface area contributed by atoms with Crippen molar-refractivity contribution in [1.82, 2.24) is 4.90 Å². The second-order valence-electron chi connectivity index (χ2n) is 4.89. The Kier molecular flexibility index (Phi) is 2.63. The van der Waals surface area contributed by atoms with Crippen LogP contribution in [0.5, 0.6) is 0 Å². The Balaban J connectivity index is 1.89. The van der Waals surface area contributed by atoms with Crippen LogP contribution in [0.25, 0.3) is 0 Å². The van der Waals surface area contributed by atoms with E-state index >= 15 is 0 Å². The highest BCUT2D eigenvalue weighted by molar-refractivity contribution is 6.04. The van der Waals surface area contributed by atoms with Gasteiger partial charge in [0.2, 0.25) is 0 Å². The first-order chi connectivity index (χ1) is 8.29. The minimum absolute atomic E-state index is 0.268. The lowest BCUT2D eigenvalue weighted by atomic mass is 9.92. The average molecular weight is 230 g/mol. The van der Waals surface area contributed by atoms with Crippen molar-refractivity contribution in [2.45, 2.75) is 20.0 Å². The number of fused-ring (bicyclic) bond motifs is 1. The van der Waals surface area contributed by atoms with E-state index in [4.69, 9.17) is 4.84 Å². The molecule has 0 spiro atoms. The van der Waals surface area contributed by atoms with E-state index in [0.29, 0.717) is 5.92 Å². The minimum atomic E-state index is 0.268. The molecule has 3 nitrogen and oxygen atoms in total. The zero-order valence-electron chi connectivity index (χ0n) is 10.4. The molecule has 2 aliphatic heterocycles. The van der Waals surface area contributed by atoms with Crippen molar-refractivity contribution < 1.29 is 4.84 Å². The first kappa shape index (κ1) is 10.8. The summed E-state index contributed by atoms with van der Waals surface area (Å²) in [5, 5.41) is 4.31. The van der Waals surface area contributed by atoms with E-state index in [1.54, 1.807) is 0 Å². The lowest BCUT2D eigenvalue weighted by molar-refractivity contribution is 0.0757. The zero-order chi connectivity index (χ0) is 11.8. The Bertz CT molecular complexity index is 455. The van der Waals surface area contributed by atoms with Gasteiger partial charge in [0.1, 0.15) is 6.10 Å². The van der Waals surface area contributed by atoms with Gasteiger partial charge in [0.25, 0.3) is 0 Å². The van der Waals surface area contributed by atoms with Crippen LogP contribution in [-0.4, -0.2) is 36.3 Å². The third-order valence-electron chi connectivity index (χ3n) is 3.85. The average Bonchev–Trinajstić information content (AvgIpc) is 2.89. The normalized spacial score (nSPS) is 27.8. The van der Waals surface area contributed by atoms with Crippen LogP contribution < -0.4 is 0 Å². The van der Waals surface area contributed by atoms with Gasteiger partial charge in [0, 0.05) is 18.7 Å². The van der Waals surface area contributed by atoms with E-state index < -0.39 is 0 Å². The monoisotopic (exact) mass is 230 g/mol. The number of nitrogens with zero attached hydrogens (tertiary/aromatic N) is 2. The van der Waals surface area contributed by atoms with Gasteiger partial charge in [-0.25, -0.2) is 0 Å². The van der Waals surface area contributed by atoms with Gasteiger partial charge in [-0.1, -0.05) is 36.3 Å². The van der Waals surface area contributed by atoms with Crippen molar-refractivity contribution in [3.63, 3.8) is 0 Å². The SMILES string of the molecule is CCN1CC2ON=C(c3ccccc3C)C2C1. The molecule has 0 aliphatic carbocycles. The number of hydrogen-bond acceptors (Lipinski definition) is 3. The van der Waals surface area contributed by atoms with Gasteiger partial charge >= 0.3 is 0 Å². The van der Waals surface area contributed by atoms with Crippen LogP contribution in [0.15, 0.2) is 29.4 Å². The molecule has 0 saturated carbocycles. The summed E-state index contributed by atoms with van der Waals surface area (Å²) in [5.41, 5.74) is 3.67. The van der Waals surface area contributed by atoms with Gasteiger partial charge < -0.3 is 4.84 Å². The molecule has 1 saturated heterocycles. The number of benzene rings is 1. The molecule has 0 radical (unpaired) electrons. The topological polar surface area (TPSA) is 24.8 Å². The summed E-state index contributed by atoms with van der Waals surface area (Å²) in [5.74, 6) is 0.455. The van der Waals surface area contributed by atoms with Crippen LogP contribution in [0, 0.1) is 12.8 Å². The van der Waals surface area contributed by atoms with Crippen LogP contribution in [0.3, 0.4) is 0 Å². The highest BCUT2D eigenvalue weighted by Crippen LogP contribution is 2.30. The van der Waals surface area contributed by atoms with Crippen molar-refractivity contribution in [3.8, 4) is 0 Å². The van der Waals surface area contributed by atoms with Crippen LogP contribution in [0.2, 0.25) is 0 Å². The maximum atomic E-state index is 5.58. The zero-order valence-corrected chi connectivity index (χ0v) is 10.4. The summed E-state index contributed by atoms with van der Waals surface area (Å²) in [6.07, 6.45) is 0.268. The maximum Gasteiger partial charge on any atom is 0.149 e. The maximum absolute atomic E-state index is 5.58. The second kappa shape index (κ2) is 4.15. The molecule has 0 amide bonds. The molecule has 1 aromatic rings. The first-order valence-electron chi connectivity index (χ1n) is 6.31. The van der Waals surface area contributed by atoms with Crippen molar-refractivity contribution in [3.05, 3.63) is 35.4 Å². The highest BCUT2D eigenvalue weighted by atomic mass is 16.6. The van der Waals surface area contributed by atoms with Crippen molar-refractivity contribution in [2.75, 3.05) is 19.6 Å². The number of likely N-dealkylation sites (tertiary alicyclic amines) is 1. The number of oxime groups is 1. The molecule has 2 aliphatic rings. The molecule has 90 valence electrons. The molecule has 1 fully saturated rings. The van der Waals surface area contributed by atoms with Gasteiger partial charge in [-0.05, 0) is 19.0 Å². The standard InChI is InChI=1S/C14H18N2O/c1-3-16-8-12-13(9-16)17-15-14(12)11-7-5-4-6-10(11)2/h4-7,12-13H,3,8-9H2,1-2H3. The number of aryl methyl sites for hydroxylation is 1. The second-order valence-corrected chi connectivity index (χ2v) is 4.89.